The maximum absolute atomic E-state index is 2.37. The molecular weight excluding hydrogens is 350 g/mol. The average molecular weight is 376 g/mol. The van der Waals surface area contributed by atoms with Gasteiger partial charge in [0.05, 0.1) is 11.0 Å². The minimum absolute atomic E-state index is 0.170. The van der Waals surface area contributed by atoms with Crippen LogP contribution in [0.1, 0.15) is 26.3 Å². The Labute approximate surface area is 172 Å². The van der Waals surface area contributed by atoms with Crippen molar-refractivity contribution in [2.75, 3.05) is 0 Å². The zero-order valence-electron chi connectivity index (χ0n) is 17.2. The van der Waals surface area contributed by atoms with Crippen LogP contribution in [0, 0.1) is 0 Å². The average Bonchev–Trinajstić information content (AvgIpc) is 3.08. The quantitative estimate of drug-likeness (QED) is 0.297. The lowest BCUT2D eigenvalue weighted by Gasteiger charge is -2.19. The summed E-state index contributed by atoms with van der Waals surface area (Å²) in [5.41, 5.74) is 7.71. The molecule has 0 bridgehead atoms. The summed E-state index contributed by atoms with van der Waals surface area (Å²) in [6.45, 7) is 6.76. The van der Waals surface area contributed by atoms with Crippen molar-refractivity contribution >= 4 is 21.8 Å². The third-order valence-electron chi connectivity index (χ3n) is 5.77. The SMILES string of the molecule is CC(C)(C)c1ccc(-c2cccc(-n3c4ccccc4c4ccccc43)c2)cc1. The zero-order chi connectivity index (χ0) is 20.0. The second-order valence-corrected chi connectivity index (χ2v) is 8.75. The molecule has 142 valence electrons. The molecule has 0 N–H and O–H groups in total. The molecule has 0 aliphatic carbocycles. The van der Waals surface area contributed by atoms with Crippen LogP contribution in [0.25, 0.3) is 38.6 Å². The highest BCUT2D eigenvalue weighted by Crippen LogP contribution is 2.33. The highest BCUT2D eigenvalue weighted by Gasteiger charge is 2.14. The van der Waals surface area contributed by atoms with Crippen LogP contribution < -0.4 is 0 Å². The lowest BCUT2D eigenvalue weighted by molar-refractivity contribution is 0.590. The number of fused-ring (bicyclic) bond motifs is 3. The predicted octanol–water partition coefficient (Wildman–Crippen LogP) is 7.75. The molecule has 1 heterocycles. The maximum atomic E-state index is 2.37. The molecule has 0 aliphatic rings. The van der Waals surface area contributed by atoms with Gasteiger partial charge in [-0.2, -0.15) is 0 Å². The van der Waals surface area contributed by atoms with Gasteiger partial charge in [-0.1, -0.05) is 93.6 Å². The van der Waals surface area contributed by atoms with Gasteiger partial charge in [0.2, 0.25) is 0 Å². The van der Waals surface area contributed by atoms with E-state index in [0.29, 0.717) is 0 Å². The van der Waals surface area contributed by atoms with Gasteiger partial charge in [-0.3, -0.25) is 0 Å². The van der Waals surface area contributed by atoms with Gasteiger partial charge >= 0.3 is 0 Å². The van der Waals surface area contributed by atoms with Gasteiger partial charge in [0.25, 0.3) is 0 Å². The van der Waals surface area contributed by atoms with Crippen molar-refractivity contribution in [3.63, 3.8) is 0 Å². The van der Waals surface area contributed by atoms with Crippen molar-refractivity contribution in [1.82, 2.24) is 4.57 Å². The summed E-state index contributed by atoms with van der Waals surface area (Å²) < 4.78 is 2.37. The van der Waals surface area contributed by atoms with Crippen molar-refractivity contribution in [2.24, 2.45) is 0 Å². The summed E-state index contributed by atoms with van der Waals surface area (Å²) in [4.78, 5) is 0. The molecule has 5 aromatic rings. The highest BCUT2D eigenvalue weighted by molar-refractivity contribution is 6.09. The Morgan fingerprint density at radius 1 is 0.552 bits per heavy atom. The molecule has 0 amide bonds. The summed E-state index contributed by atoms with van der Waals surface area (Å²) in [5.74, 6) is 0. The van der Waals surface area contributed by atoms with E-state index in [2.05, 4.69) is 122 Å². The van der Waals surface area contributed by atoms with Crippen LogP contribution in [-0.4, -0.2) is 4.57 Å². The van der Waals surface area contributed by atoms with E-state index in [-0.39, 0.29) is 5.41 Å². The molecule has 0 saturated heterocycles. The molecule has 0 radical (unpaired) electrons. The van der Waals surface area contributed by atoms with E-state index in [1.54, 1.807) is 0 Å². The minimum atomic E-state index is 0.170. The van der Waals surface area contributed by atoms with Crippen molar-refractivity contribution in [1.29, 1.82) is 0 Å². The number of para-hydroxylation sites is 2. The van der Waals surface area contributed by atoms with Crippen molar-refractivity contribution < 1.29 is 0 Å². The van der Waals surface area contributed by atoms with Crippen molar-refractivity contribution in [3.8, 4) is 16.8 Å². The number of benzene rings is 4. The summed E-state index contributed by atoms with van der Waals surface area (Å²) in [5, 5.41) is 2.59. The molecule has 1 nitrogen and oxygen atoms in total. The fourth-order valence-electron chi connectivity index (χ4n) is 4.19. The van der Waals surface area contributed by atoms with Gasteiger partial charge in [0.1, 0.15) is 0 Å². The van der Waals surface area contributed by atoms with Gasteiger partial charge in [-0.15, -0.1) is 0 Å². The fourth-order valence-corrected chi connectivity index (χ4v) is 4.19. The summed E-state index contributed by atoms with van der Waals surface area (Å²) in [6, 6.07) is 35.2. The molecule has 0 aliphatic heterocycles. The highest BCUT2D eigenvalue weighted by atomic mass is 15.0. The van der Waals surface area contributed by atoms with E-state index in [1.807, 2.05) is 0 Å². The summed E-state index contributed by atoms with van der Waals surface area (Å²) in [6.07, 6.45) is 0. The lowest BCUT2D eigenvalue weighted by atomic mass is 9.86. The first-order valence-electron chi connectivity index (χ1n) is 10.2. The Balaban J connectivity index is 1.67. The van der Waals surface area contributed by atoms with Gasteiger partial charge in [0, 0.05) is 16.5 Å². The predicted molar refractivity (Wildman–Crippen MR) is 125 cm³/mol. The Hall–Kier alpha value is -3.32. The molecule has 0 spiro atoms. The second-order valence-electron chi connectivity index (χ2n) is 8.75. The number of nitrogens with zero attached hydrogens (tertiary/aromatic N) is 1. The van der Waals surface area contributed by atoms with E-state index in [1.165, 1.54) is 44.2 Å². The van der Waals surface area contributed by atoms with Crippen LogP contribution in [0.2, 0.25) is 0 Å². The van der Waals surface area contributed by atoms with Crippen LogP contribution >= 0.6 is 0 Å². The molecule has 4 aromatic carbocycles. The van der Waals surface area contributed by atoms with Crippen LogP contribution in [0.4, 0.5) is 0 Å². The third kappa shape index (κ3) is 3.03. The molecule has 0 atom stereocenters. The monoisotopic (exact) mass is 375 g/mol. The number of rotatable bonds is 2. The van der Waals surface area contributed by atoms with Crippen LogP contribution in [0.15, 0.2) is 97.1 Å². The molecule has 1 heteroatoms. The molecule has 0 fully saturated rings. The Kier molecular flexibility index (Phi) is 4.06. The normalized spacial score (nSPS) is 12.0. The molecule has 0 saturated carbocycles. The minimum Gasteiger partial charge on any atom is -0.309 e. The summed E-state index contributed by atoms with van der Waals surface area (Å²) >= 11 is 0. The number of aromatic nitrogens is 1. The van der Waals surface area contributed by atoms with E-state index >= 15 is 0 Å². The second kappa shape index (κ2) is 6.63. The zero-order valence-corrected chi connectivity index (χ0v) is 17.2. The van der Waals surface area contributed by atoms with Crippen LogP contribution in [-0.2, 0) is 5.41 Å². The molecule has 5 rings (SSSR count). The molecule has 29 heavy (non-hydrogen) atoms. The third-order valence-corrected chi connectivity index (χ3v) is 5.77. The maximum Gasteiger partial charge on any atom is 0.0541 e. The first-order valence-corrected chi connectivity index (χ1v) is 10.2. The fraction of sp³-hybridized carbons (Fsp3) is 0.143. The van der Waals surface area contributed by atoms with Gasteiger partial charge in [-0.25, -0.2) is 0 Å². The number of hydrogen-bond donors (Lipinski definition) is 0. The largest absolute Gasteiger partial charge is 0.309 e. The van der Waals surface area contributed by atoms with E-state index in [4.69, 9.17) is 0 Å². The van der Waals surface area contributed by atoms with Crippen LogP contribution in [0.5, 0.6) is 0 Å². The Morgan fingerprint density at radius 2 is 1.14 bits per heavy atom. The summed E-state index contributed by atoms with van der Waals surface area (Å²) in [7, 11) is 0. The standard InChI is InChI=1S/C28H25N/c1-28(2,3)22-17-15-20(16-18-22)21-9-8-10-23(19-21)29-26-13-6-4-11-24(26)25-12-5-7-14-27(25)29/h4-19H,1-3H3. The smallest absolute Gasteiger partial charge is 0.0541 e. The first kappa shape index (κ1) is 17.8. The van der Waals surface area contributed by atoms with Crippen molar-refractivity contribution in [2.45, 2.75) is 26.2 Å². The van der Waals surface area contributed by atoms with E-state index < -0.39 is 0 Å². The molecule has 0 unspecified atom stereocenters. The Bertz CT molecular complexity index is 1260. The first-order chi connectivity index (χ1) is 14.0. The molecular formula is C28H25N. The Morgan fingerprint density at radius 3 is 1.72 bits per heavy atom. The van der Waals surface area contributed by atoms with Gasteiger partial charge < -0.3 is 4.57 Å². The van der Waals surface area contributed by atoms with Crippen LogP contribution in [0.3, 0.4) is 0 Å². The molecule has 1 aromatic heterocycles. The topological polar surface area (TPSA) is 4.93 Å². The van der Waals surface area contributed by atoms with E-state index in [0.717, 1.165) is 0 Å². The van der Waals surface area contributed by atoms with Gasteiger partial charge in [-0.05, 0) is 46.4 Å². The van der Waals surface area contributed by atoms with Crippen molar-refractivity contribution in [3.05, 3.63) is 103 Å². The number of hydrogen-bond acceptors (Lipinski definition) is 0. The lowest BCUT2D eigenvalue weighted by Crippen LogP contribution is -2.10. The van der Waals surface area contributed by atoms with E-state index in [9.17, 15) is 0 Å². The van der Waals surface area contributed by atoms with Gasteiger partial charge in [0.15, 0.2) is 0 Å².